The number of aromatic nitrogens is 2. The Morgan fingerprint density at radius 2 is 1.77 bits per heavy atom. The highest BCUT2D eigenvalue weighted by molar-refractivity contribution is 6.43. The Labute approximate surface area is 191 Å². The molecule has 0 aliphatic carbocycles. The van der Waals surface area contributed by atoms with Gasteiger partial charge in [0.05, 0.1) is 33.0 Å². The first-order valence-electron chi connectivity index (χ1n) is 10.2. The molecular formula is C23H23Cl2N5O. The zero-order chi connectivity index (χ0) is 21.6. The molecule has 3 aromatic rings. The Balaban J connectivity index is 1.21. The third-order valence-corrected chi connectivity index (χ3v) is 6.05. The Bertz CT molecular complexity index is 1100. The fraction of sp³-hybridized carbons (Fsp3) is 0.261. The highest BCUT2D eigenvalue weighted by Gasteiger charge is 2.19. The van der Waals surface area contributed by atoms with Crippen molar-refractivity contribution in [3.05, 3.63) is 76.6 Å². The Hall–Kier alpha value is -2.67. The fourth-order valence-corrected chi connectivity index (χ4v) is 3.94. The minimum atomic E-state index is -0.227. The van der Waals surface area contributed by atoms with Gasteiger partial charge in [0, 0.05) is 39.3 Å². The van der Waals surface area contributed by atoms with E-state index in [1.54, 1.807) is 6.07 Å². The molecule has 0 radical (unpaired) electrons. The topological polar surface area (TPSA) is 61.4 Å². The van der Waals surface area contributed by atoms with E-state index < -0.39 is 0 Å². The maximum atomic E-state index is 12.3. The number of fused-ring (bicyclic) bond motifs is 1. The molecule has 1 fully saturated rings. The summed E-state index contributed by atoms with van der Waals surface area (Å²) in [6.07, 6.45) is 5.55. The average Bonchev–Trinajstić information content (AvgIpc) is 2.80. The highest BCUT2D eigenvalue weighted by Crippen LogP contribution is 2.32. The minimum Gasteiger partial charge on any atom is -0.368 e. The molecule has 1 aromatic heterocycles. The van der Waals surface area contributed by atoms with Gasteiger partial charge in [-0.2, -0.15) is 0 Å². The van der Waals surface area contributed by atoms with Crippen LogP contribution in [-0.2, 0) is 0 Å². The van der Waals surface area contributed by atoms with Crippen LogP contribution in [-0.4, -0.2) is 60.0 Å². The summed E-state index contributed by atoms with van der Waals surface area (Å²) in [6, 6.07) is 13.2. The van der Waals surface area contributed by atoms with Crippen LogP contribution >= 0.6 is 23.2 Å². The van der Waals surface area contributed by atoms with Crippen molar-refractivity contribution >= 4 is 45.8 Å². The van der Waals surface area contributed by atoms with Crippen molar-refractivity contribution in [3.63, 3.8) is 0 Å². The van der Waals surface area contributed by atoms with E-state index in [0.29, 0.717) is 27.8 Å². The number of piperazine rings is 1. The first kappa shape index (κ1) is 21.6. The van der Waals surface area contributed by atoms with Crippen LogP contribution in [0.15, 0.2) is 60.8 Å². The van der Waals surface area contributed by atoms with E-state index in [1.807, 2.05) is 42.5 Å². The van der Waals surface area contributed by atoms with Gasteiger partial charge in [-0.3, -0.25) is 14.7 Å². The number of nitrogens with one attached hydrogen (secondary N) is 1. The molecule has 0 atom stereocenters. The summed E-state index contributed by atoms with van der Waals surface area (Å²) >= 11 is 12.5. The molecule has 1 N–H and O–H groups in total. The van der Waals surface area contributed by atoms with Crippen LogP contribution in [0.25, 0.3) is 11.0 Å². The number of carbonyl (C=O) groups is 1. The molecule has 160 valence electrons. The number of benzene rings is 2. The van der Waals surface area contributed by atoms with Crippen molar-refractivity contribution in [3.8, 4) is 0 Å². The lowest BCUT2D eigenvalue weighted by Crippen LogP contribution is -2.46. The molecule has 4 rings (SSSR count). The van der Waals surface area contributed by atoms with Gasteiger partial charge in [0.15, 0.2) is 0 Å². The van der Waals surface area contributed by atoms with Crippen molar-refractivity contribution < 1.29 is 4.79 Å². The molecule has 0 unspecified atom stereocenters. The Kier molecular flexibility index (Phi) is 7.02. The first-order chi connectivity index (χ1) is 15.1. The largest absolute Gasteiger partial charge is 0.368 e. The predicted octanol–water partition coefficient (Wildman–Crippen LogP) is 4.04. The summed E-state index contributed by atoms with van der Waals surface area (Å²) in [5.74, 6) is -0.227. The van der Waals surface area contributed by atoms with Gasteiger partial charge >= 0.3 is 0 Å². The maximum absolute atomic E-state index is 12.3. The van der Waals surface area contributed by atoms with E-state index in [4.69, 9.17) is 23.2 Å². The smallest absolute Gasteiger partial charge is 0.271 e. The molecule has 0 bridgehead atoms. The summed E-state index contributed by atoms with van der Waals surface area (Å²) < 4.78 is 0. The van der Waals surface area contributed by atoms with Gasteiger partial charge in [-0.15, -0.1) is 0 Å². The van der Waals surface area contributed by atoms with Crippen LogP contribution in [0.2, 0.25) is 10.0 Å². The van der Waals surface area contributed by atoms with Crippen molar-refractivity contribution in [2.75, 3.05) is 44.2 Å². The van der Waals surface area contributed by atoms with E-state index >= 15 is 0 Å². The summed E-state index contributed by atoms with van der Waals surface area (Å²) in [6.45, 7) is 4.95. The molecule has 1 aliphatic rings. The molecule has 0 spiro atoms. The Morgan fingerprint density at radius 3 is 2.58 bits per heavy atom. The zero-order valence-corrected chi connectivity index (χ0v) is 18.5. The number of amides is 1. The molecule has 0 saturated carbocycles. The van der Waals surface area contributed by atoms with E-state index in [2.05, 4.69) is 31.2 Å². The van der Waals surface area contributed by atoms with Crippen molar-refractivity contribution in [2.45, 2.75) is 0 Å². The van der Waals surface area contributed by atoms with Gasteiger partial charge in [-0.25, -0.2) is 4.98 Å². The van der Waals surface area contributed by atoms with Gasteiger partial charge < -0.3 is 10.2 Å². The van der Waals surface area contributed by atoms with Crippen LogP contribution in [0.5, 0.6) is 0 Å². The number of carbonyl (C=O) groups excluding carboxylic acids is 1. The summed E-state index contributed by atoms with van der Waals surface area (Å²) in [4.78, 5) is 25.6. The van der Waals surface area contributed by atoms with Crippen LogP contribution in [0, 0.1) is 0 Å². The molecule has 8 heteroatoms. The number of halogens is 2. The van der Waals surface area contributed by atoms with Crippen LogP contribution in [0.3, 0.4) is 0 Å². The van der Waals surface area contributed by atoms with Crippen LogP contribution in [0.1, 0.15) is 10.5 Å². The van der Waals surface area contributed by atoms with Gasteiger partial charge in [0.1, 0.15) is 5.69 Å². The van der Waals surface area contributed by atoms with Crippen molar-refractivity contribution in [2.24, 2.45) is 0 Å². The fourth-order valence-electron chi connectivity index (χ4n) is 3.52. The first-order valence-corrected chi connectivity index (χ1v) is 10.9. The lowest BCUT2D eigenvalue weighted by Gasteiger charge is -2.36. The number of hydrogen-bond donors (Lipinski definition) is 1. The molecule has 1 saturated heterocycles. The predicted molar refractivity (Wildman–Crippen MR) is 126 cm³/mol. The third-order valence-electron chi connectivity index (χ3n) is 5.24. The number of nitrogens with zero attached hydrogens (tertiary/aromatic N) is 4. The van der Waals surface area contributed by atoms with Crippen molar-refractivity contribution in [1.82, 2.24) is 20.2 Å². The molecule has 2 heterocycles. The molecule has 2 aromatic carbocycles. The normalized spacial score (nSPS) is 15.0. The lowest BCUT2D eigenvalue weighted by molar-refractivity contribution is 0.0953. The standard InChI is InChI=1S/C23H23Cl2N5O/c24-17-6-5-9-21(22(17)25)30-14-12-29(13-15-30)11-4-3-10-26-23(31)20-16-27-18-7-1-2-8-19(18)28-20/h1-9,16H,10-15H2,(H,26,31)/b4-3+. The summed E-state index contributed by atoms with van der Waals surface area (Å²) in [7, 11) is 0. The van der Waals surface area contributed by atoms with Crippen LogP contribution in [0.4, 0.5) is 5.69 Å². The van der Waals surface area contributed by atoms with E-state index in [9.17, 15) is 4.79 Å². The summed E-state index contributed by atoms with van der Waals surface area (Å²) in [5.41, 5.74) is 2.80. The van der Waals surface area contributed by atoms with Gasteiger partial charge in [-0.1, -0.05) is 53.6 Å². The highest BCUT2D eigenvalue weighted by atomic mass is 35.5. The molecule has 1 amide bonds. The third kappa shape index (κ3) is 5.34. The second-order valence-corrected chi connectivity index (χ2v) is 8.07. The van der Waals surface area contributed by atoms with E-state index in [0.717, 1.165) is 43.9 Å². The average molecular weight is 456 g/mol. The molecule has 1 aliphatic heterocycles. The quantitative estimate of drug-likeness (QED) is 0.568. The SMILES string of the molecule is O=C(NC/C=C/CN1CCN(c2cccc(Cl)c2Cl)CC1)c1cnc2ccccc2n1. The number of para-hydroxylation sites is 2. The number of anilines is 1. The van der Waals surface area contributed by atoms with Gasteiger partial charge in [-0.05, 0) is 24.3 Å². The molecular weight excluding hydrogens is 433 g/mol. The Morgan fingerprint density at radius 1 is 1.00 bits per heavy atom. The number of hydrogen-bond acceptors (Lipinski definition) is 5. The summed E-state index contributed by atoms with van der Waals surface area (Å²) in [5, 5.41) is 4.06. The molecule has 6 nitrogen and oxygen atoms in total. The second-order valence-electron chi connectivity index (χ2n) is 7.29. The minimum absolute atomic E-state index is 0.227. The monoisotopic (exact) mass is 455 g/mol. The zero-order valence-electron chi connectivity index (χ0n) is 17.0. The van der Waals surface area contributed by atoms with Crippen molar-refractivity contribution in [1.29, 1.82) is 0 Å². The number of rotatable bonds is 6. The maximum Gasteiger partial charge on any atom is 0.271 e. The second kappa shape index (κ2) is 10.1. The lowest BCUT2D eigenvalue weighted by atomic mass is 10.2. The van der Waals surface area contributed by atoms with E-state index in [-0.39, 0.29) is 5.91 Å². The van der Waals surface area contributed by atoms with Crippen LogP contribution < -0.4 is 10.2 Å². The van der Waals surface area contributed by atoms with Gasteiger partial charge in [0.25, 0.3) is 5.91 Å². The van der Waals surface area contributed by atoms with Gasteiger partial charge in [0.2, 0.25) is 0 Å². The van der Waals surface area contributed by atoms with E-state index in [1.165, 1.54) is 6.20 Å². The molecule has 31 heavy (non-hydrogen) atoms.